The van der Waals surface area contributed by atoms with Gasteiger partial charge in [0.25, 0.3) is 0 Å². The van der Waals surface area contributed by atoms with Crippen LogP contribution in [0, 0.1) is 13.8 Å². The highest BCUT2D eigenvalue weighted by atomic mass is 32.1. The highest BCUT2D eigenvalue weighted by molar-refractivity contribution is 7.17. The molecule has 4 aromatic heterocycles. The second kappa shape index (κ2) is 25.4. The van der Waals surface area contributed by atoms with Gasteiger partial charge in [0, 0.05) is 68.8 Å². The van der Waals surface area contributed by atoms with Crippen molar-refractivity contribution < 1.29 is 59.3 Å². The number of carbonyl (C=O) groups is 4. The number of piperidine rings is 2. The summed E-state index contributed by atoms with van der Waals surface area (Å²) in [4.78, 5) is 47.6. The van der Waals surface area contributed by atoms with Gasteiger partial charge in [-0.1, -0.05) is 24.3 Å². The summed E-state index contributed by atoms with van der Waals surface area (Å²) in [5.74, 6) is -4.47. The zero-order valence-electron chi connectivity index (χ0n) is 41.8. The molecule has 8 aromatic rings. The van der Waals surface area contributed by atoms with E-state index < -0.39 is 36.1 Å². The Bertz CT molecular complexity index is 2950. The Morgan fingerprint density at radius 1 is 0.581 bits per heavy atom. The second-order valence-corrected chi connectivity index (χ2v) is 20.8. The molecule has 2 aliphatic rings. The van der Waals surface area contributed by atoms with Gasteiger partial charge >= 0.3 is 23.9 Å². The SMILES string of the molecule is Cc1csc2ccc([C@@H]3CCN(C[C@H](O)COc4cccc5[nH]ccc45)[C@H](C)C3)cc12.Cc1csc2ccc([C@H]3CCN(C[C@H](O)COc4cccc5[nH]ccc45)[C@@H](C)C3)cc12.O=C(O)C(=O)O.O=C(O)C(=O)O. The van der Waals surface area contributed by atoms with Crippen LogP contribution in [0.4, 0.5) is 0 Å². The molecule has 8 N–H and O–H groups in total. The van der Waals surface area contributed by atoms with Gasteiger partial charge in [-0.25, -0.2) is 19.2 Å². The van der Waals surface area contributed by atoms with E-state index in [2.05, 4.69) is 94.6 Å². The van der Waals surface area contributed by atoms with Gasteiger partial charge in [0.2, 0.25) is 0 Å². The first kappa shape index (κ1) is 55.0. The maximum Gasteiger partial charge on any atom is 0.414 e. The fourth-order valence-electron chi connectivity index (χ4n) is 9.83. The predicted octanol–water partition coefficient (Wildman–Crippen LogP) is 9.71. The van der Waals surface area contributed by atoms with Crippen molar-refractivity contribution >= 4 is 88.5 Å². The highest BCUT2D eigenvalue weighted by Gasteiger charge is 2.30. The van der Waals surface area contributed by atoms with Crippen LogP contribution in [0.3, 0.4) is 0 Å². The summed E-state index contributed by atoms with van der Waals surface area (Å²) in [5, 5.41) is 60.3. The molecule has 10 rings (SSSR count). The third kappa shape index (κ3) is 14.3. The number of H-pyrrole nitrogens is 2. The summed E-state index contributed by atoms with van der Waals surface area (Å²) in [6.07, 6.45) is 7.35. The van der Waals surface area contributed by atoms with Crippen LogP contribution in [0.1, 0.15) is 73.6 Å². The number of fused-ring (bicyclic) bond motifs is 4. The van der Waals surface area contributed by atoms with E-state index in [9.17, 15) is 10.2 Å². The standard InChI is InChI=1S/2C26H30N2O2S.2C2H2O4/c2*1-17-16-31-26-7-6-19(13-23(17)26)20-9-11-28(18(2)12-20)14-21(29)15-30-25-5-3-4-24-22(25)8-10-27-24;2*3-1(4)2(5)6/h2*3-8,10,13,16,18,20-21,27,29H,9,11-12,14-15H2,1-2H3;2*(H,3,4)(H,5,6)/t18-,20-,21+;18-,20-,21-;;/m10../s1. The van der Waals surface area contributed by atoms with Gasteiger partial charge < -0.3 is 50.1 Å². The Labute approximate surface area is 436 Å². The number of rotatable bonds is 12. The molecule has 0 saturated carbocycles. The van der Waals surface area contributed by atoms with Gasteiger partial charge in [-0.2, -0.15) is 0 Å². The minimum absolute atomic E-state index is 0.311. The molecule has 18 heteroatoms. The first-order valence-electron chi connectivity index (χ1n) is 24.6. The molecular weight excluding hydrogens is 985 g/mol. The summed E-state index contributed by atoms with van der Waals surface area (Å²) in [6.45, 7) is 12.9. The van der Waals surface area contributed by atoms with Crippen LogP contribution in [0.15, 0.2) is 108 Å². The number of ether oxygens (including phenoxy) is 2. The van der Waals surface area contributed by atoms with E-state index in [1.807, 2.05) is 83.6 Å². The number of nitrogens with zero attached hydrogens (tertiary/aromatic N) is 2. The van der Waals surface area contributed by atoms with Crippen LogP contribution in [-0.4, -0.2) is 138 Å². The first-order valence-corrected chi connectivity index (χ1v) is 26.3. The van der Waals surface area contributed by atoms with Crippen LogP contribution in [0.5, 0.6) is 11.5 Å². The number of aryl methyl sites for hydroxylation is 2. The normalized spacial score (nSPS) is 18.8. The molecule has 392 valence electrons. The lowest BCUT2D eigenvalue weighted by Gasteiger charge is -2.38. The van der Waals surface area contributed by atoms with Crippen LogP contribution < -0.4 is 9.47 Å². The topological polar surface area (TPSA) is 246 Å². The lowest BCUT2D eigenvalue weighted by Crippen LogP contribution is -2.45. The molecule has 0 amide bonds. The van der Waals surface area contributed by atoms with E-state index in [-0.39, 0.29) is 0 Å². The minimum atomic E-state index is -1.82. The molecule has 0 radical (unpaired) electrons. The minimum Gasteiger partial charge on any atom is -0.490 e. The van der Waals surface area contributed by atoms with Crippen molar-refractivity contribution in [2.75, 3.05) is 39.4 Å². The molecular formula is C56H64N4O12S2. The third-order valence-corrected chi connectivity index (χ3v) is 15.9. The van der Waals surface area contributed by atoms with Gasteiger partial charge in [-0.3, -0.25) is 9.80 Å². The molecule has 0 spiro atoms. The maximum atomic E-state index is 10.6. The summed E-state index contributed by atoms with van der Waals surface area (Å²) < 4.78 is 14.7. The smallest absolute Gasteiger partial charge is 0.414 e. The van der Waals surface area contributed by atoms with Crippen LogP contribution >= 0.6 is 22.7 Å². The number of hydrogen-bond donors (Lipinski definition) is 8. The monoisotopic (exact) mass is 1050 g/mol. The number of aromatic amines is 2. The number of aliphatic carboxylic acids is 4. The highest BCUT2D eigenvalue weighted by Crippen LogP contribution is 2.37. The molecule has 2 fully saturated rings. The van der Waals surface area contributed by atoms with Crippen molar-refractivity contribution in [1.82, 2.24) is 19.8 Å². The van der Waals surface area contributed by atoms with E-state index in [1.54, 1.807) is 0 Å². The fraction of sp³-hybridized carbons (Fsp3) is 0.357. The van der Waals surface area contributed by atoms with Crippen molar-refractivity contribution in [2.45, 2.75) is 89.5 Å². The first-order chi connectivity index (χ1) is 35.4. The molecule has 4 aromatic carbocycles. The number of likely N-dealkylation sites (tertiary alicyclic amines) is 2. The van der Waals surface area contributed by atoms with Crippen molar-refractivity contribution in [1.29, 1.82) is 0 Å². The largest absolute Gasteiger partial charge is 0.490 e. The van der Waals surface area contributed by atoms with Gasteiger partial charge in [-0.15, -0.1) is 22.7 Å². The van der Waals surface area contributed by atoms with Gasteiger partial charge in [-0.05, 0) is 183 Å². The molecule has 2 saturated heterocycles. The molecule has 2 aliphatic heterocycles. The molecule has 0 unspecified atom stereocenters. The average Bonchev–Trinajstić information content (AvgIpc) is 4.22. The van der Waals surface area contributed by atoms with Gasteiger partial charge in [0.15, 0.2) is 0 Å². The molecule has 0 aliphatic carbocycles. The van der Waals surface area contributed by atoms with E-state index in [0.29, 0.717) is 50.2 Å². The molecule has 6 heterocycles. The van der Waals surface area contributed by atoms with Crippen molar-refractivity contribution in [2.24, 2.45) is 0 Å². The Morgan fingerprint density at radius 2 is 0.973 bits per heavy atom. The number of nitrogens with one attached hydrogen (secondary N) is 2. The number of aromatic nitrogens is 2. The summed E-state index contributed by atoms with van der Waals surface area (Å²) in [5.41, 5.74) is 7.79. The number of thiophene rings is 2. The third-order valence-electron chi connectivity index (χ3n) is 13.8. The number of carboxylic acid groups (broad SMARTS) is 4. The maximum absolute atomic E-state index is 10.6. The Hall–Kier alpha value is -6.80. The number of hydrogen-bond acceptors (Lipinski definition) is 12. The average molecular weight is 1050 g/mol. The lowest BCUT2D eigenvalue weighted by molar-refractivity contribution is -0.159. The summed E-state index contributed by atoms with van der Waals surface area (Å²) >= 11 is 3.66. The van der Waals surface area contributed by atoms with Gasteiger partial charge in [0.05, 0.1) is 0 Å². The fourth-order valence-corrected chi connectivity index (χ4v) is 11.7. The van der Waals surface area contributed by atoms with E-state index in [1.165, 1.54) is 42.4 Å². The van der Waals surface area contributed by atoms with E-state index in [4.69, 9.17) is 49.1 Å². The molecule has 74 heavy (non-hydrogen) atoms. The number of carboxylic acids is 4. The van der Waals surface area contributed by atoms with E-state index in [0.717, 1.165) is 72.1 Å². The summed E-state index contributed by atoms with van der Waals surface area (Å²) in [7, 11) is 0. The Kier molecular flexibility index (Phi) is 18.9. The number of β-amino-alcohol motifs (C(OH)–C–C–N with tert-alkyl or cyclic N) is 2. The van der Waals surface area contributed by atoms with Crippen molar-refractivity contribution in [3.63, 3.8) is 0 Å². The van der Waals surface area contributed by atoms with Crippen LogP contribution in [0.25, 0.3) is 42.0 Å². The van der Waals surface area contributed by atoms with Gasteiger partial charge in [0.1, 0.15) is 36.9 Å². The zero-order valence-corrected chi connectivity index (χ0v) is 43.4. The Morgan fingerprint density at radius 3 is 1.34 bits per heavy atom. The van der Waals surface area contributed by atoms with Crippen molar-refractivity contribution in [3.05, 3.63) is 130 Å². The second-order valence-electron chi connectivity index (χ2n) is 19.0. The molecule has 16 nitrogen and oxygen atoms in total. The lowest BCUT2D eigenvalue weighted by atomic mass is 9.85. The predicted molar refractivity (Wildman–Crippen MR) is 289 cm³/mol. The molecule has 0 bridgehead atoms. The quantitative estimate of drug-likeness (QED) is 0.0531. The van der Waals surface area contributed by atoms with Crippen LogP contribution in [-0.2, 0) is 19.2 Å². The Balaban J connectivity index is 0.000000177. The van der Waals surface area contributed by atoms with Crippen LogP contribution in [0.2, 0.25) is 0 Å². The van der Waals surface area contributed by atoms with Crippen molar-refractivity contribution in [3.8, 4) is 11.5 Å². The number of aliphatic hydroxyl groups is 2. The zero-order chi connectivity index (χ0) is 53.1. The number of aliphatic hydroxyl groups excluding tert-OH is 2. The summed E-state index contributed by atoms with van der Waals surface area (Å²) in [6, 6.07) is 30.8. The van der Waals surface area contributed by atoms with E-state index >= 15 is 0 Å². The molecule has 6 atom stereocenters. The number of benzene rings is 4.